The molecule has 138 valence electrons. The van der Waals surface area contributed by atoms with Crippen molar-refractivity contribution in [1.29, 1.82) is 0 Å². The Balaban J connectivity index is 1.71. The van der Waals surface area contributed by atoms with Gasteiger partial charge >= 0.3 is 0 Å². The van der Waals surface area contributed by atoms with Gasteiger partial charge in [-0.1, -0.05) is 31.6 Å². The summed E-state index contributed by atoms with van der Waals surface area (Å²) in [7, 11) is 3.69. The maximum Gasteiger partial charge on any atom is 0.0958 e. The van der Waals surface area contributed by atoms with Gasteiger partial charge in [-0.25, -0.2) is 5.48 Å². The third-order valence-electron chi connectivity index (χ3n) is 8.23. The zero-order valence-corrected chi connectivity index (χ0v) is 16.4. The number of ether oxygens (including phenoxy) is 1. The molecule has 4 aliphatic rings. The lowest BCUT2D eigenvalue weighted by atomic mass is 9.52. The molecule has 0 bridgehead atoms. The van der Waals surface area contributed by atoms with Gasteiger partial charge in [-0.15, -0.1) is 0 Å². The van der Waals surface area contributed by atoms with Gasteiger partial charge in [-0.05, 0) is 62.5 Å². The van der Waals surface area contributed by atoms with Crippen LogP contribution in [0.25, 0.3) is 0 Å². The molecule has 0 heterocycles. The molecule has 4 aliphatic carbocycles. The summed E-state index contributed by atoms with van der Waals surface area (Å²) in [5.41, 5.74) is 6.52. The van der Waals surface area contributed by atoms with E-state index in [-0.39, 0.29) is 16.4 Å². The fourth-order valence-corrected chi connectivity index (χ4v) is 6.38. The second-order valence-electron chi connectivity index (χ2n) is 9.11. The Labute approximate surface area is 152 Å². The van der Waals surface area contributed by atoms with Gasteiger partial charge in [-0.3, -0.25) is 4.84 Å². The van der Waals surface area contributed by atoms with Crippen molar-refractivity contribution in [3.63, 3.8) is 0 Å². The molecule has 5 atom stereocenters. The Morgan fingerprint density at radius 3 is 2.68 bits per heavy atom. The molecule has 0 saturated heterocycles. The highest BCUT2D eigenvalue weighted by molar-refractivity contribution is 5.45. The Hall–Kier alpha value is -1.06. The van der Waals surface area contributed by atoms with Crippen LogP contribution in [0.2, 0.25) is 0 Å². The topological polar surface area (TPSA) is 30.5 Å². The summed E-state index contributed by atoms with van der Waals surface area (Å²) in [6, 6.07) is 0. The predicted molar refractivity (Wildman–Crippen MR) is 101 cm³/mol. The molecule has 3 unspecified atom stereocenters. The van der Waals surface area contributed by atoms with E-state index in [9.17, 15) is 0 Å². The van der Waals surface area contributed by atoms with Crippen LogP contribution in [0.3, 0.4) is 0 Å². The summed E-state index contributed by atoms with van der Waals surface area (Å²) in [6.45, 7) is 7.23. The molecular weight excluding hydrogens is 310 g/mol. The van der Waals surface area contributed by atoms with Crippen LogP contribution in [0, 0.1) is 22.7 Å². The molecule has 0 radical (unpaired) electrons. The molecule has 3 heteroatoms. The first kappa shape index (κ1) is 17.4. The summed E-state index contributed by atoms with van der Waals surface area (Å²) in [6.07, 6.45) is 14.3. The molecule has 1 fully saturated rings. The summed E-state index contributed by atoms with van der Waals surface area (Å²) in [4.78, 5) is 6.08. The molecule has 0 aliphatic heterocycles. The second-order valence-corrected chi connectivity index (χ2v) is 9.11. The van der Waals surface area contributed by atoms with E-state index in [2.05, 4.69) is 44.5 Å². The Bertz CT molecular complexity index is 663. The van der Waals surface area contributed by atoms with Gasteiger partial charge in [0.2, 0.25) is 0 Å². The predicted octanol–water partition coefficient (Wildman–Crippen LogP) is 4.92. The lowest BCUT2D eigenvalue weighted by Crippen LogP contribution is -2.51. The molecule has 0 amide bonds. The monoisotopic (exact) mass is 343 g/mol. The standard InChI is InChI=1S/C22H33NO2/c1-20-11-8-16(24-5)14-15(20)6-7-17-18(20)9-12-21(2)19(17)10-13-22(21,3)25-23-4/h6,9,14,17,19,23H,7-8,10-13H2,1-5H3/t17?,19?,20-,21-,22?/m0/s1. The van der Waals surface area contributed by atoms with Crippen molar-refractivity contribution in [2.24, 2.45) is 22.7 Å². The van der Waals surface area contributed by atoms with E-state index < -0.39 is 0 Å². The first-order valence-corrected chi connectivity index (χ1v) is 9.88. The van der Waals surface area contributed by atoms with Gasteiger partial charge in [0.15, 0.2) is 0 Å². The number of fused-ring (bicyclic) bond motifs is 5. The van der Waals surface area contributed by atoms with E-state index in [4.69, 9.17) is 9.57 Å². The summed E-state index contributed by atoms with van der Waals surface area (Å²) < 4.78 is 5.54. The highest BCUT2D eigenvalue weighted by atomic mass is 16.7. The number of hydrogen-bond donors (Lipinski definition) is 1. The minimum Gasteiger partial charge on any atom is -0.501 e. The number of allylic oxidation sites excluding steroid dienone is 6. The van der Waals surface area contributed by atoms with Crippen LogP contribution in [-0.4, -0.2) is 19.8 Å². The van der Waals surface area contributed by atoms with Crippen LogP contribution in [-0.2, 0) is 9.57 Å². The normalized spacial score (nSPS) is 45.6. The molecule has 0 aromatic heterocycles. The molecule has 3 nitrogen and oxygen atoms in total. The Morgan fingerprint density at radius 2 is 1.96 bits per heavy atom. The molecule has 0 aromatic rings. The van der Waals surface area contributed by atoms with Crippen molar-refractivity contribution in [3.8, 4) is 0 Å². The van der Waals surface area contributed by atoms with E-state index in [1.165, 1.54) is 24.8 Å². The van der Waals surface area contributed by atoms with Gasteiger partial charge in [-0.2, -0.15) is 0 Å². The fraction of sp³-hybridized carbons (Fsp3) is 0.727. The van der Waals surface area contributed by atoms with Crippen LogP contribution in [0.5, 0.6) is 0 Å². The third kappa shape index (κ3) is 2.24. The molecule has 4 rings (SSSR count). The van der Waals surface area contributed by atoms with Crippen molar-refractivity contribution in [1.82, 2.24) is 5.48 Å². The minimum atomic E-state index is -0.0744. The van der Waals surface area contributed by atoms with E-state index in [1.807, 2.05) is 7.05 Å². The second kappa shape index (κ2) is 5.72. The van der Waals surface area contributed by atoms with Crippen LogP contribution >= 0.6 is 0 Å². The number of nitrogens with one attached hydrogen (secondary N) is 1. The highest BCUT2D eigenvalue weighted by Gasteiger charge is 2.60. The zero-order chi connectivity index (χ0) is 17.9. The summed E-state index contributed by atoms with van der Waals surface area (Å²) in [5, 5.41) is 0. The first-order chi connectivity index (χ1) is 11.9. The first-order valence-electron chi connectivity index (χ1n) is 9.88. The third-order valence-corrected chi connectivity index (χ3v) is 8.23. The quantitative estimate of drug-likeness (QED) is 0.583. The van der Waals surface area contributed by atoms with Gasteiger partial charge in [0, 0.05) is 24.3 Å². The van der Waals surface area contributed by atoms with Crippen LogP contribution in [0.15, 0.2) is 35.1 Å². The molecule has 1 N–H and O–H groups in total. The zero-order valence-electron chi connectivity index (χ0n) is 16.4. The molecule has 0 aromatic carbocycles. The maximum atomic E-state index is 6.08. The van der Waals surface area contributed by atoms with Crippen LogP contribution in [0.4, 0.5) is 0 Å². The van der Waals surface area contributed by atoms with E-state index in [0.717, 1.165) is 25.0 Å². The smallest absolute Gasteiger partial charge is 0.0958 e. The lowest BCUT2D eigenvalue weighted by molar-refractivity contribution is -0.155. The van der Waals surface area contributed by atoms with Gasteiger partial charge < -0.3 is 4.74 Å². The van der Waals surface area contributed by atoms with Gasteiger partial charge in [0.25, 0.3) is 0 Å². The number of hydrogen-bond acceptors (Lipinski definition) is 3. The number of methoxy groups -OCH3 is 1. The number of rotatable bonds is 3. The van der Waals surface area contributed by atoms with E-state index in [1.54, 1.807) is 12.7 Å². The largest absolute Gasteiger partial charge is 0.501 e. The minimum absolute atomic E-state index is 0.0744. The molecule has 1 saturated carbocycles. The van der Waals surface area contributed by atoms with Crippen LogP contribution in [0.1, 0.15) is 59.3 Å². The lowest BCUT2D eigenvalue weighted by Gasteiger charge is -2.54. The summed E-state index contributed by atoms with van der Waals surface area (Å²) in [5.74, 6) is 2.53. The SMILES string of the molecule is CNOC1(C)CCC2C3CC=C4C=C(OC)CC[C@]4(C)C3=CC[C@@]21C. The average Bonchev–Trinajstić information content (AvgIpc) is 2.86. The maximum absolute atomic E-state index is 6.08. The van der Waals surface area contributed by atoms with E-state index in [0.29, 0.717) is 11.8 Å². The van der Waals surface area contributed by atoms with Gasteiger partial charge in [0.1, 0.15) is 0 Å². The van der Waals surface area contributed by atoms with Crippen molar-refractivity contribution in [2.75, 3.05) is 14.2 Å². The summed E-state index contributed by atoms with van der Waals surface area (Å²) >= 11 is 0. The Morgan fingerprint density at radius 1 is 1.16 bits per heavy atom. The fourth-order valence-electron chi connectivity index (χ4n) is 6.38. The van der Waals surface area contributed by atoms with Crippen molar-refractivity contribution in [2.45, 2.75) is 64.9 Å². The van der Waals surface area contributed by atoms with Gasteiger partial charge in [0.05, 0.1) is 18.5 Å². The van der Waals surface area contributed by atoms with Crippen molar-refractivity contribution in [3.05, 3.63) is 35.1 Å². The number of hydroxylamine groups is 1. The van der Waals surface area contributed by atoms with Crippen LogP contribution < -0.4 is 5.48 Å². The van der Waals surface area contributed by atoms with Crippen molar-refractivity contribution < 1.29 is 9.57 Å². The Kier molecular flexibility index (Phi) is 3.97. The molecule has 25 heavy (non-hydrogen) atoms. The van der Waals surface area contributed by atoms with Crippen molar-refractivity contribution >= 4 is 0 Å². The molecule has 0 spiro atoms. The average molecular weight is 344 g/mol. The molecular formula is C22H33NO2. The highest BCUT2D eigenvalue weighted by Crippen LogP contribution is 2.65. The van der Waals surface area contributed by atoms with E-state index >= 15 is 0 Å².